The molecule has 10 N–H and O–H groups in total. The van der Waals surface area contributed by atoms with Crippen molar-refractivity contribution in [2.24, 2.45) is 11.7 Å². The highest BCUT2D eigenvalue weighted by molar-refractivity contribution is 5.95. The van der Waals surface area contributed by atoms with Gasteiger partial charge in [-0.3, -0.25) is 28.8 Å². The van der Waals surface area contributed by atoms with Crippen LogP contribution in [0.1, 0.15) is 32.8 Å². The zero-order valence-electron chi connectivity index (χ0n) is 22.6. The summed E-state index contributed by atoms with van der Waals surface area (Å²) >= 11 is 0. The number of nitrogens with one attached hydrogen (secondary N) is 5. The van der Waals surface area contributed by atoms with Crippen LogP contribution in [0.4, 0.5) is 0 Å². The number of aliphatic hydroxyl groups is 1. The molecular formula is C25H38N6O9. The lowest BCUT2D eigenvalue weighted by atomic mass is 10.0. The van der Waals surface area contributed by atoms with Crippen molar-refractivity contribution in [1.82, 2.24) is 26.6 Å². The summed E-state index contributed by atoms with van der Waals surface area (Å²) in [4.78, 5) is 73.5. The lowest BCUT2D eigenvalue weighted by molar-refractivity contribution is -0.141. The Morgan fingerprint density at radius 2 is 1.35 bits per heavy atom. The van der Waals surface area contributed by atoms with Gasteiger partial charge in [-0.15, -0.1) is 0 Å². The van der Waals surface area contributed by atoms with Crippen LogP contribution in [0.3, 0.4) is 0 Å². The molecule has 0 aliphatic carbocycles. The van der Waals surface area contributed by atoms with E-state index in [0.29, 0.717) is 5.56 Å². The van der Waals surface area contributed by atoms with Gasteiger partial charge in [0, 0.05) is 6.42 Å². The van der Waals surface area contributed by atoms with Gasteiger partial charge in [0.15, 0.2) is 0 Å². The molecule has 0 aromatic heterocycles. The van der Waals surface area contributed by atoms with Crippen LogP contribution >= 0.6 is 0 Å². The van der Waals surface area contributed by atoms with Gasteiger partial charge >= 0.3 is 5.97 Å². The van der Waals surface area contributed by atoms with Crippen LogP contribution in [0.25, 0.3) is 0 Å². The fourth-order valence-electron chi connectivity index (χ4n) is 3.39. The summed E-state index contributed by atoms with van der Waals surface area (Å²) in [5.41, 5.74) is 5.70. The Morgan fingerprint density at radius 3 is 1.88 bits per heavy atom. The van der Waals surface area contributed by atoms with E-state index in [1.54, 1.807) is 13.8 Å². The van der Waals surface area contributed by atoms with E-state index in [1.165, 1.54) is 31.2 Å². The molecule has 0 spiro atoms. The molecule has 0 unspecified atom stereocenters. The number of hydrogen-bond donors (Lipinski definition) is 9. The van der Waals surface area contributed by atoms with Crippen molar-refractivity contribution in [1.29, 1.82) is 0 Å². The normalized spacial score (nSPS) is 13.8. The third-order valence-corrected chi connectivity index (χ3v) is 5.54. The molecule has 40 heavy (non-hydrogen) atoms. The number of nitrogens with two attached hydrogens (primary N) is 1. The second-order valence-corrected chi connectivity index (χ2v) is 9.47. The Hall–Kier alpha value is -4.24. The van der Waals surface area contributed by atoms with Crippen LogP contribution < -0.4 is 32.3 Å². The highest BCUT2D eigenvalue weighted by atomic mass is 16.4. The summed E-state index contributed by atoms with van der Waals surface area (Å²) in [6.07, 6.45) is 0.0612. The average Bonchev–Trinajstić information content (AvgIpc) is 2.90. The number of carboxylic acid groups (broad SMARTS) is 1. The van der Waals surface area contributed by atoms with E-state index in [1.807, 2.05) is 0 Å². The summed E-state index contributed by atoms with van der Waals surface area (Å²) in [6, 6.07) is 0.698. The highest BCUT2D eigenvalue weighted by Crippen LogP contribution is 2.12. The van der Waals surface area contributed by atoms with E-state index >= 15 is 0 Å². The Morgan fingerprint density at radius 1 is 0.800 bits per heavy atom. The van der Waals surface area contributed by atoms with E-state index in [9.17, 15) is 39.0 Å². The molecule has 1 aromatic rings. The lowest BCUT2D eigenvalue weighted by Gasteiger charge is -2.26. The van der Waals surface area contributed by atoms with Crippen molar-refractivity contribution in [3.63, 3.8) is 0 Å². The molecule has 4 atom stereocenters. The minimum atomic E-state index is -1.45. The summed E-state index contributed by atoms with van der Waals surface area (Å²) in [6.45, 7) is 3.19. The molecule has 0 aliphatic heterocycles. The average molecular weight is 567 g/mol. The first-order valence-corrected chi connectivity index (χ1v) is 12.6. The third-order valence-electron chi connectivity index (χ3n) is 5.54. The Bertz CT molecular complexity index is 1050. The molecular weight excluding hydrogens is 528 g/mol. The monoisotopic (exact) mass is 566 g/mol. The zero-order valence-corrected chi connectivity index (χ0v) is 22.6. The molecule has 0 radical (unpaired) electrons. The molecule has 0 aliphatic rings. The Labute approximate surface area is 231 Å². The first kappa shape index (κ1) is 33.8. The van der Waals surface area contributed by atoms with Gasteiger partial charge in [-0.25, -0.2) is 0 Å². The van der Waals surface area contributed by atoms with Crippen molar-refractivity contribution in [3.8, 4) is 5.75 Å². The van der Waals surface area contributed by atoms with Crippen molar-refractivity contribution >= 4 is 35.5 Å². The smallest absolute Gasteiger partial charge is 0.325 e. The van der Waals surface area contributed by atoms with Crippen LogP contribution in [0, 0.1) is 5.92 Å². The fourth-order valence-corrected chi connectivity index (χ4v) is 3.39. The summed E-state index contributed by atoms with van der Waals surface area (Å²) < 4.78 is 0. The van der Waals surface area contributed by atoms with Crippen LogP contribution in [-0.4, -0.2) is 94.7 Å². The van der Waals surface area contributed by atoms with Crippen LogP contribution in [0.5, 0.6) is 5.75 Å². The number of hydrogen-bond acceptors (Lipinski definition) is 9. The van der Waals surface area contributed by atoms with Gasteiger partial charge in [0.25, 0.3) is 0 Å². The largest absolute Gasteiger partial charge is 0.508 e. The summed E-state index contributed by atoms with van der Waals surface area (Å²) in [5, 5.41) is 40.1. The zero-order chi connectivity index (χ0) is 30.4. The van der Waals surface area contributed by atoms with Crippen molar-refractivity contribution in [2.75, 3.05) is 19.7 Å². The van der Waals surface area contributed by atoms with Crippen molar-refractivity contribution in [2.45, 2.75) is 57.8 Å². The molecule has 0 saturated carbocycles. The van der Waals surface area contributed by atoms with Gasteiger partial charge < -0.3 is 47.6 Å². The number of carbonyl (C=O) groups excluding carboxylic acids is 5. The summed E-state index contributed by atoms with van der Waals surface area (Å²) in [5.74, 6) is -5.22. The number of carboxylic acids is 1. The minimum absolute atomic E-state index is 0.0136. The number of aliphatic carboxylic acids is 1. The SMILES string of the molecule is CC(C)C[C@H](NC(=O)[C@H](CO)NC(=O)CNC(=O)CN)C(=O)N[C@@H](Cc1ccc(O)cc1)C(=O)N[C@@H](C)C(=O)O. The van der Waals surface area contributed by atoms with Gasteiger partial charge in [0.1, 0.15) is 29.9 Å². The van der Waals surface area contributed by atoms with Crippen molar-refractivity contribution < 1.29 is 44.1 Å². The number of phenols is 1. The predicted molar refractivity (Wildman–Crippen MR) is 141 cm³/mol. The van der Waals surface area contributed by atoms with Crippen LogP contribution in [-0.2, 0) is 35.2 Å². The molecule has 222 valence electrons. The third kappa shape index (κ3) is 12.1. The Balaban J connectivity index is 3.06. The first-order valence-electron chi connectivity index (χ1n) is 12.6. The molecule has 1 aromatic carbocycles. The first-order chi connectivity index (χ1) is 18.8. The molecule has 0 heterocycles. The molecule has 0 fully saturated rings. The topological polar surface area (TPSA) is 249 Å². The van der Waals surface area contributed by atoms with E-state index < -0.39 is 72.8 Å². The van der Waals surface area contributed by atoms with Crippen molar-refractivity contribution in [3.05, 3.63) is 29.8 Å². The lowest BCUT2D eigenvalue weighted by Crippen LogP contribution is -2.59. The van der Waals surface area contributed by atoms with Gasteiger partial charge in [-0.2, -0.15) is 0 Å². The van der Waals surface area contributed by atoms with E-state index in [-0.39, 0.29) is 31.1 Å². The number of benzene rings is 1. The standard InChI is InChI=1S/C25H38N6O9/c1-13(2)8-17(30-24(38)19(12-32)29-21(35)11-27-20(34)10-26)23(37)31-18(22(36)28-14(3)25(39)40)9-15-4-6-16(33)7-5-15/h4-7,13-14,17-19,32-33H,8-12,26H2,1-3H3,(H,27,34)(H,28,36)(H,29,35)(H,30,38)(H,31,37)(H,39,40)/t14-,17-,18-,19-/m0/s1. The molecule has 0 saturated heterocycles. The Kier molecular flexibility index (Phi) is 14.1. The summed E-state index contributed by atoms with van der Waals surface area (Å²) in [7, 11) is 0. The van der Waals surface area contributed by atoms with Gasteiger partial charge in [-0.1, -0.05) is 26.0 Å². The maximum Gasteiger partial charge on any atom is 0.325 e. The number of aromatic hydroxyl groups is 1. The maximum absolute atomic E-state index is 13.3. The second-order valence-electron chi connectivity index (χ2n) is 9.47. The number of amides is 5. The number of rotatable bonds is 16. The van der Waals surface area contributed by atoms with E-state index in [4.69, 9.17) is 10.8 Å². The maximum atomic E-state index is 13.3. The molecule has 5 amide bonds. The number of aliphatic hydroxyl groups excluding tert-OH is 1. The van der Waals surface area contributed by atoms with Crippen LogP contribution in [0.2, 0.25) is 0 Å². The molecule has 1 rings (SSSR count). The second kappa shape index (κ2) is 16.7. The minimum Gasteiger partial charge on any atom is -0.508 e. The predicted octanol–water partition coefficient (Wildman–Crippen LogP) is -2.91. The van der Waals surface area contributed by atoms with E-state index in [0.717, 1.165) is 0 Å². The van der Waals surface area contributed by atoms with Gasteiger partial charge in [0.2, 0.25) is 29.5 Å². The number of phenolic OH excluding ortho intramolecular Hbond substituents is 1. The molecule has 15 heteroatoms. The highest BCUT2D eigenvalue weighted by Gasteiger charge is 2.31. The molecule has 15 nitrogen and oxygen atoms in total. The quantitative estimate of drug-likeness (QED) is 0.0986. The van der Waals surface area contributed by atoms with Gasteiger partial charge in [0.05, 0.1) is 19.7 Å². The molecule has 0 bridgehead atoms. The van der Waals surface area contributed by atoms with Crippen LogP contribution in [0.15, 0.2) is 24.3 Å². The van der Waals surface area contributed by atoms with Gasteiger partial charge in [-0.05, 0) is 37.0 Å². The number of carbonyl (C=O) groups is 6. The van der Waals surface area contributed by atoms with E-state index in [2.05, 4.69) is 26.6 Å². The fraction of sp³-hybridized carbons (Fsp3) is 0.520.